The number of pyridine rings is 3. The molecule has 0 N–H and O–H groups in total. The van der Waals surface area contributed by atoms with E-state index in [-0.39, 0.29) is 0 Å². The first-order chi connectivity index (χ1) is 62.0. The molecular weight excluding hydrogens is 1640 g/mol. The molecule has 0 bridgehead atoms. The summed E-state index contributed by atoms with van der Waals surface area (Å²) in [4.78, 5) is 36.4. The normalized spacial score (nSPS) is 12.2. The fourth-order valence-corrected chi connectivity index (χ4v) is 27.5. The zero-order chi connectivity index (χ0) is 81.6. The van der Waals surface area contributed by atoms with Crippen molar-refractivity contribution in [3.8, 4) is 51.6 Å². The maximum absolute atomic E-state index is 5.42. The van der Waals surface area contributed by atoms with Crippen molar-refractivity contribution < 1.29 is 0 Å². The maximum Gasteiger partial charge on any atom is 0.235 e. The zero-order valence-corrected chi connectivity index (χ0v) is 71.0. The highest BCUT2D eigenvalue weighted by Crippen LogP contribution is 2.54. The predicted octanol–water partition coefficient (Wildman–Crippen LogP) is 31.6. The van der Waals surface area contributed by atoms with Crippen LogP contribution in [0.15, 0.2) is 364 Å². The first kappa shape index (κ1) is 70.8. The number of para-hydroxylation sites is 3. The van der Waals surface area contributed by atoms with Crippen LogP contribution in [0.2, 0.25) is 0 Å². The van der Waals surface area contributed by atoms with Gasteiger partial charge in [0.1, 0.15) is 5.82 Å². The number of aromatic nitrogens is 10. The van der Waals surface area contributed by atoms with Gasteiger partial charge in [-0.1, -0.05) is 279 Å². The molecule has 15 aromatic carbocycles. The average molecular weight is 1700 g/mol. The van der Waals surface area contributed by atoms with E-state index in [1.807, 2.05) is 92.3 Å². The Hall–Kier alpha value is -14.9. The summed E-state index contributed by atoms with van der Waals surface area (Å²) >= 11 is 11.3. The second-order valence-electron chi connectivity index (χ2n) is 31.6. The van der Waals surface area contributed by atoms with Crippen LogP contribution < -0.4 is 0 Å². The molecule has 0 aliphatic heterocycles. The monoisotopic (exact) mass is 1700 g/mol. The molecule has 0 aliphatic carbocycles. The van der Waals surface area contributed by atoms with Crippen LogP contribution in [0.3, 0.4) is 0 Å². The van der Waals surface area contributed by atoms with Gasteiger partial charge in [0.05, 0.1) is 120 Å². The van der Waals surface area contributed by atoms with Gasteiger partial charge in [-0.3, -0.25) is 18.7 Å². The number of hydrogen-bond donors (Lipinski definition) is 0. The Kier molecular flexibility index (Phi) is 15.8. The maximum atomic E-state index is 5.42. The third-order valence-corrected chi connectivity index (χ3v) is 32.3. The van der Waals surface area contributed by atoms with Gasteiger partial charge < -0.3 is 0 Å². The van der Waals surface area contributed by atoms with E-state index < -0.39 is 0 Å². The third-order valence-electron chi connectivity index (χ3n) is 24.7. The summed E-state index contributed by atoms with van der Waals surface area (Å²) < 4.78 is 22.8. The van der Waals surface area contributed by atoms with E-state index in [0.717, 1.165) is 99.8 Å². The number of fused-ring (bicyclic) bond motifs is 34. The van der Waals surface area contributed by atoms with Crippen molar-refractivity contribution >= 4 is 277 Å². The lowest BCUT2D eigenvalue weighted by molar-refractivity contribution is 1.02. The molecule has 14 aromatic heterocycles. The number of nitrogens with zero attached hydrogens (tertiary/aromatic N) is 10. The number of benzene rings is 15. The van der Waals surface area contributed by atoms with Crippen LogP contribution in [-0.2, 0) is 0 Å². The van der Waals surface area contributed by atoms with Gasteiger partial charge in [0, 0.05) is 90.7 Å². The van der Waals surface area contributed by atoms with Gasteiger partial charge in [0.25, 0.3) is 0 Å². The predicted molar refractivity (Wildman–Crippen MR) is 536 cm³/mol. The molecule has 16 heteroatoms. The number of rotatable bonds is 6. The van der Waals surface area contributed by atoms with Gasteiger partial charge in [0.2, 0.25) is 11.9 Å². The topological polar surface area (TPSA) is 105 Å². The van der Waals surface area contributed by atoms with Gasteiger partial charge in [-0.2, -0.15) is 0 Å². The van der Waals surface area contributed by atoms with Crippen LogP contribution in [0.25, 0.3) is 260 Å². The molecule has 0 saturated carbocycles. The Labute approximate surface area is 734 Å². The molecule has 0 spiro atoms. The fourth-order valence-electron chi connectivity index (χ4n) is 19.1. The highest BCUT2D eigenvalue weighted by atomic mass is 32.1. The molecule has 0 amide bonds. The largest absolute Gasteiger partial charge is 0.291 e. The second kappa shape index (κ2) is 27.8. The molecule has 14 heterocycles. The van der Waals surface area contributed by atoms with Crippen molar-refractivity contribution in [2.75, 3.05) is 0 Å². The summed E-state index contributed by atoms with van der Waals surface area (Å²) in [6.45, 7) is 0. The lowest BCUT2D eigenvalue weighted by Gasteiger charge is -2.13. The molecular formula is C109H60N10S6. The number of thiophene rings is 6. The Balaban J connectivity index is 0.0000000979. The minimum Gasteiger partial charge on any atom is -0.291 e. The van der Waals surface area contributed by atoms with Gasteiger partial charge in [-0.05, 0) is 117 Å². The van der Waals surface area contributed by atoms with Crippen molar-refractivity contribution in [1.82, 2.24) is 48.6 Å². The van der Waals surface area contributed by atoms with Crippen LogP contribution in [0.5, 0.6) is 0 Å². The summed E-state index contributed by atoms with van der Waals surface area (Å²) in [5.41, 5.74) is 16.6. The van der Waals surface area contributed by atoms with Gasteiger partial charge in [-0.25, -0.2) is 29.9 Å². The molecule has 10 nitrogen and oxygen atoms in total. The van der Waals surface area contributed by atoms with Crippen LogP contribution in [0.4, 0.5) is 0 Å². The lowest BCUT2D eigenvalue weighted by Crippen LogP contribution is -2.03. The molecule has 0 aliphatic rings. The molecule has 582 valence electrons. The second-order valence-corrected chi connectivity index (χ2v) is 37.8. The number of hydrogen-bond acceptors (Lipinski definition) is 13. The highest BCUT2D eigenvalue weighted by Gasteiger charge is 2.29. The Bertz CT molecular complexity index is 9610. The van der Waals surface area contributed by atoms with Crippen molar-refractivity contribution in [1.29, 1.82) is 0 Å². The molecule has 0 saturated heterocycles. The van der Waals surface area contributed by atoms with Crippen molar-refractivity contribution in [2.24, 2.45) is 0 Å². The van der Waals surface area contributed by atoms with E-state index in [4.69, 9.17) is 29.9 Å². The molecule has 125 heavy (non-hydrogen) atoms. The van der Waals surface area contributed by atoms with Gasteiger partial charge >= 0.3 is 0 Å². The van der Waals surface area contributed by atoms with Crippen molar-refractivity contribution in [3.05, 3.63) is 364 Å². The third kappa shape index (κ3) is 10.8. The molecule has 0 fully saturated rings. The average Bonchev–Trinajstić information content (AvgIpc) is 1.55. The van der Waals surface area contributed by atoms with Crippen molar-refractivity contribution in [2.45, 2.75) is 0 Å². The van der Waals surface area contributed by atoms with E-state index in [9.17, 15) is 0 Å². The Morgan fingerprint density at radius 3 is 1.23 bits per heavy atom. The van der Waals surface area contributed by atoms with Gasteiger partial charge in [-0.15, -0.1) is 68.0 Å². The van der Waals surface area contributed by atoms with E-state index >= 15 is 0 Å². The summed E-state index contributed by atoms with van der Waals surface area (Å²) in [5, 5.41) is 21.9. The molecule has 0 radical (unpaired) electrons. The summed E-state index contributed by atoms with van der Waals surface area (Å²) in [5.74, 6) is 2.31. The van der Waals surface area contributed by atoms with Gasteiger partial charge in [0.15, 0.2) is 0 Å². The SMILES string of the molecule is c1ccc(-c2ccc3ccc4ccc(-n5c6ccccc6c6sc7c8ccccc8sc7c65)nc4c3n2)nc1.c1ccc(-c2nc(-n3c4ccccc4c4sc5c(sc6ccc7ccccc7c65)c43)nc3c2ccc2ccccc23)cc1.c1ccc(-c2nc(-n3c4ccccc4c4sc5c(sc6ccc7ccccc7c65)c43)nc3ccc4ccccc4c23)cc1. The van der Waals surface area contributed by atoms with Crippen LogP contribution in [0.1, 0.15) is 0 Å². The smallest absolute Gasteiger partial charge is 0.235 e. The molecule has 29 rings (SSSR count). The van der Waals surface area contributed by atoms with E-state index in [2.05, 4.69) is 352 Å². The highest BCUT2D eigenvalue weighted by molar-refractivity contribution is 7.38. The summed E-state index contributed by atoms with van der Waals surface area (Å²) in [6, 6.07) is 127. The summed E-state index contributed by atoms with van der Waals surface area (Å²) in [6.07, 6.45) is 1.80. The Morgan fingerprint density at radius 2 is 0.632 bits per heavy atom. The fraction of sp³-hybridized carbons (Fsp3) is 0. The minimum atomic E-state index is 0.704. The first-order valence-corrected chi connectivity index (χ1v) is 46.4. The zero-order valence-electron chi connectivity index (χ0n) is 66.1. The Morgan fingerprint density at radius 1 is 0.208 bits per heavy atom. The first-order valence-electron chi connectivity index (χ1n) is 41.5. The standard InChI is InChI=1S/2C38H21N3S2.C33H18N4S2/c1-2-12-24(13-3-1)32-28-20-18-23-11-5-7-15-26(23)33(28)40-38(39-32)41-29-17-9-8-16-27(29)35-34(41)37-36(43-35)31-25-14-6-4-10-22(25)19-21-30(31)42-37;1-2-12-24(13-3-1)33-31-25-14-6-4-10-22(25)18-20-28(31)39-38(40-33)41-29-17-9-8-16-27(29)35-34(41)37-36(43-35)32-26-15-7-5-11-23(26)19-21-30(32)42-37;1-3-10-25-21(7-1)31-30(33-32(39-31)22-8-2-4-11-26(22)38-33)37(25)27-17-15-20-13-12-19-14-16-24(23-9-5-6-18-34-23)35-28(19)29(20)36-27/h2*1-21H;1-18H. The van der Waals surface area contributed by atoms with E-state index in [0.29, 0.717) is 11.9 Å². The van der Waals surface area contributed by atoms with Crippen LogP contribution in [0, 0.1) is 0 Å². The van der Waals surface area contributed by atoms with E-state index in [1.54, 1.807) is 6.20 Å². The van der Waals surface area contributed by atoms with E-state index in [1.165, 1.54) is 148 Å². The molecule has 0 unspecified atom stereocenters. The molecule has 0 atom stereocenters. The van der Waals surface area contributed by atoms with Crippen LogP contribution >= 0.6 is 68.0 Å². The lowest BCUT2D eigenvalue weighted by atomic mass is 10.0. The summed E-state index contributed by atoms with van der Waals surface area (Å²) in [7, 11) is 0. The van der Waals surface area contributed by atoms with Crippen molar-refractivity contribution in [3.63, 3.8) is 0 Å². The van der Waals surface area contributed by atoms with Crippen LogP contribution in [-0.4, -0.2) is 48.6 Å². The molecule has 29 aromatic rings. The quantitative estimate of drug-likeness (QED) is 0.153. The minimum absolute atomic E-state index is 0.704.